The van der Waals surface area contributed by atoms with E-state index in [0.717, 1.165) is 11.1 Å². The van der Waals surface area contributed by atoms with Crippen LogP contribution in [0.3, 0.4) is 0 Å². The molecule has 92 valence electrons. The molecule has 0 saturated carbocycles. The molecular formula is C11H10F2O3S. The summed E-state index contributed by atoms with van der Waals surface area (Å²) in [5.41, 5.74) is 1.73. The average molecular weight is 260 g/mol. The summed E-state index contributed by atoms with van der Waals surface area (Å²) in [7, 11) is -4.31. The molecule has 0 unspecified atom stereocenters. The smallest absolute Gasteiger partial charge is 0.199 e. The maximum atomic E-state index is 12.0. The van der Waals surface area contributed by atoms with Crippen molar-refractivity contribution in [3.8, 4) is 0 Å². The molecule has 0 aliphatic heterocycles. The first-order valence-corrected chi connectivity index (χ1v) is 6.40. The summed E-state index contributed by atoms with van der Waals surface area (Å²) in [5, 5.41) is 0. The maximum absolute atomic E-state index is 12.0. The van der Waals surface area contributed by atoms with Crippen LogP contribution in [0.5, 0.6) is 0 Å². The Bertz CT molecular complexity index is 550. The molecule has 3 nitrogen and oxygen atoms in total. The molecule has 0 spiro atoms. The molecule has 0 amide bonds. The van der Waals surface area contributed by atoms with E-state index in [0.29, 0.717) is 6.42 Å². The zero-order chi connectivity index (χ0) is 12.5. The summed E-state index contributed by atoms with van der Waals surface area (Å²) < 4.78 is 50.4. The van der Waals surface area contributed by atoms with Crippen molar-refractivity contribution >= 4 is 16.2 Å². The number of hydrogen-bond donors (Lipinski definition) is 0. The van der Waals surface area contributed by atoms with Crippen molar-refractivity contribution in [3.63, 3.8) is 0 Å². The lowest BCUT2D eigenvalue weighted by molar-refractivity contribution is -0.0436. The molecule has 0 bridgehead atoms. The van der Waals surface area contributed by atoms with Crippen LogP contribution in [-0.4, -0.2) is 15.0 Å². The molecule has 0 fully saturated rings. The van der Waals surface area contributed by atoms with Crippen LogP contribution in [0.4, 0.5) is 8.78 Å². The summed E-state index contributed by atoms with van der Waals surface area (Å²) in [6.07, 6.45) is 2.08. The van der Waals surface area contributed by atoms with Crippen molar-refractivity contribution in [1.82, 2.24) is 0 Å². The van der Waals surface area contributed by atoms with E-state index < -0.39 is 16.7 Å². The Morgan fingerprint density at radius 2 is 1.88 bits per heavy atom. The lowest BCUT2D eigenvalue weighted by Crippen LogP contribution is -2.15. The monoisotopic (exact) mass is 260 g/mol. The molecule has 1 aliphatic rings. The van der Waals surface area contributed by atoms with Gasteiger partial charge in [-0.1, -0.05) is 24.3 Å². The summed E-state index contributed by atoms with van der Waals surface area (Å²) in [5.74, 6) is 0. The third kappa shape index (κ3) is 2.70. The van der Waals surface area contributed by atoms with Crippen molar-refractivity contribution in [1.29, 1.82) is 0 Å². The highest BCUT2D eigenvalue weighted by molar-refractivity contribution is 7.90. The van der Waals surface area contributed by atoms with E-state index >= 15 is 0 Å². The fraction of sp³-hybridized carbons (Fsp3) is 0.273. The van der Waals surface area contributed by atoms with Crippen LogP contribution in [0.2, 0.25) is 0 Å². The third-order valence-electron chi connectivity index (χ3n) is 2.53. The molecule has 1 aromatic rings. The minimum Gasteiger partial charge on any atom is -0.199 e. The number of benzene rings is 1. The van der Waals surface area contributed by atoms with Crippen molar-refractivity contribution in [2.24, 2.45) is 0 Å². The number of allylic oxidation sites excluding steroid dienone is 1. The first-order valence-electron chi connectivity index (χ1n) is 4.99. The van der Waals surface area contributed by atoms with Crippen LogP contribution in [0.1, 0.15) is 17.5 Å². The molecule has 6 heteroatoms. The first kappa shape index (κ1) is 12.2. The second-order valence-electron chi connectivity index (χ2n) is 3.62. The minimum atomic E-state index is -4.31. The molecule has 0 radical (unpaired) electrons. The molecular weight excluding hydrogens is 250 g/mol. The van der Waals surface area contributed by atoms with Gasteiger partial charge in [0.05, 0.1) is 4.91 Å². The normalized spacial score (nSPS) is 15.6. The van der Waals surface area contributed by atoms with E-state index in [4.69, 9.17) is 0 Å². The van der Waals surface area contributed by atoms with Gasteiger partial charge in [0.1, 0.15) is 0 Å². The highest BCUT2D eigenvalue weighted by atomic mass is 32.2. The van der Waals surface area contributed by atoms with Crippen molar-refractivity contribution < 1.29 is 21.4 Å². The third-order valence-corrected chi connectivity index (χ3v) is 3.90. The maximum Gasteiger partial charge on any atom is 0.359 e. The largest absolute Gasteiger partial charge is 0.359 e. The van der Waals surface area contributed by atoms with E-state index in [1.54, 1.807) is 12.1 Å². The van der Waals surface area contributed by atoms with Gasteiger partial charge in [-0.2, -0.15) is 21.4 Å². The van der Waals surface area contributed by atoms with Gasteiger partial charge in [-0.15, -0.1) is 0 Å². The van der Waals surface area contributed by atoms with Crippen LogP contribution in [0, 0.1) is 0 Å². The summed E-state index contributed by atoms with van der Waals surface area (Å²) in [6, 6.07) is 7.23. The summed E-state index contributed by atoms with van der Waals surface area (Å²) in [4.78, 5) is -0.100. The SMILES string of the molecule is O=S(=O)(OC(F)F)C1=Cc2ccccc2CC1. The van der Waals surface area contributed by atoms with Gasteiger partial charge in [0.2, 0.25) is 0 Å². The number of rotatable bonds is 3. The molecule has 1 aromatic carbocycles. The quantitative estimate of drug-likeness (QED) is 0.784. The lowest BCUT2D eigenvalue weighted by Gasteiger charge is -2.15. The number of hydrogen-bond acceptors (Lipinski definition) is 3. The van der Waals surface area contributed by atoms with Crippen LogP contribution in [-0.2, 0) is 20.7 Å². The molecule has 0 N–H and O–H groups in total. The zero-order valence-corrected chi connectivity index (χ0v) is 9.58. The Balaban J connectivity index is 2.34. The molecule has 0 heterocycles. The Morgan fingerprint density at radius 1 is 1.18 bits per heavy atom. The van der Waals surface area contributed by atoms with Crippen LogP contribution >= 0.6 is 0 Å². The predicted octanol–water partition coefficient (Wildman–Crippen LogP) is 2.54. The number of halogens is 2. The van der Waals surface area contributed by atoms with Gasteiger partial charge in [0.15, 0.2) is 0 Å². The Kier molecular flexibility index (Phi) is 3.26. The van der Waals surface area contributed by atoms with Gasteiger partial charge >= 0.3 is 6.61 Å². The van der Waals surface area contributed by atoms with Gasteiger partial charge in [0.25, 0.3) is 10.1 Å². The van der Waals surface area contributed by atoms with Crippen LogP contribution < -0.4 is 0 Å². The standard InChI is InChI=1S/C11H10F2O3S/c12-11(13)16-17(14,15)10-6-5-8-3-1-2-4-9(8)7-10/h1-4,7,11H,5-6H2. The van der Waals surface area contributed by atoms with Crippen molar-refractivity contribution in [3.05, 3.63) is 40.3 Å². The van der Waals surface area contributed by atoms with E-state index in [-0.39, 0.29) is 11.3 Å². The number of alkyl halides is 2. The highest BCUT2D eigenvalue weighted by Gasteiger charge is 2.25. The molecule has 0 saturated heterocycles. The van der Waals surface area contributed by atoms with Crippen molar-refractivity contribution in [2.45, 2.75) is 19.5 Å². The molecule has 2 rings (SSSR count). The molecule has 0 aromatic heterocycles. The second kappa shape index (κ2) is 4.54. The molecule has 1 aliphatic carbocycles. The average Bonchev–Trinajstić information content (AvgIpc) is 2.26. The van der Waals surface area contributed by atoms with E-state index in [1.807, 2.05) is 12.1 Å². The summed E-state index contributed by atoms with van der Waals surface area (Å²) >= 11 is 0. The highest BCUT2D eigenvalue weighted by Crippen LogP contribution is 2.28. The van der Waals surface area contributed by atoms with E-state index in [2.05, 4.69) is 4.18 Å². The predicted molar refractivity (Wildman–Crippen MR) is 58.7 cm³/mol. The van der Waals surface area contributed by atoms with Crippen LogP contribution in [0.15, 0.2) is 29.2 Å². The van der Waals surface area contributed by atoms with Gasteiger partial charge < -0.3 is 0 Å². The van der Waals surface area contributed by atoms with E-state index in [1.165, 1.54) is 6.08 Å². The molecule has 0 atom stereocenters. The zero-order valence-electron chi connectivity index (χ0n) is 8.77. The van der Waals surface area contributed by atoms with Gasteiger partial charge in [-0.3, -0.25) is 0 Å². The fourth-order valence-electron chi connectivity index (χ4n) is 1.76. The van der Waals surface area contributed by atoms with Crippen LogP contribution in [0.25, 0.3) is 6.08 Å². The van der Waals surface area contributed by atoms with Gasteiger partial charge in [0, 0.05) is 0 Å². The Hall–Kier alpha value is -1.27. The Labute approximate surface area is 97.8 Å². The number of aryl methyl sites for hydroxylation is 1. The van der Waals surface area contributed by atoms with E-state index in [9.17, 15) is 17.2 Å². The Morgan fingerprint density at radius 3 is 2.59 bits per heavy atom. The number of fused-ring (bicyclic) bond motifs is 1. The lowest BCUT2D eigenvalue weighted by atomic mass is 9.98. The topological polar surface area (TPSA) is 43.4 Å². The first-order chi connectivity index (χ1) is 7.99. The fourth-order valence-corrected chi connectivity index (χ4v) is 2.70. The second-order valence-corrected chi connectivity index (χ2v) is 5.25. The van der Waals surface area contributed by atoms with Crippen molar-refractivity contribution in [2.75, 3.05) is 0 Å². The van der Waals surface area contributed by atoms with Gasteiger partial charge in [-0.25, -0.2) is 0 Å². The van der Waals surface area contributed by atoms with Gasteiger partial charge in [-0.05, 0) is 30.0 Å². The minimum absolute atomic E-state index is 0.100. The molecule has 17 heavy (non-hydrogen) atoms. The summed E-state index contributed by atoms with van der Waals surface area (Å²) in [6.45, 7) is -3.32.